The molecule has 1 aliphatic carbocycles. The topological polar surface area (TPSA) is 78.9 Å². The summed E-state index contributed by atoms with van der Waals surface area (Å²) in [6.07, 6.45) is 6.55. The molecular formula is C31H52N2O4Si. The van der Waals surface area contributed by atoms with Crippen molar-refractivity contribution < 1.29 is 19.1 Å². The van der Waals surface area contributed by atoms with Crippen molar-refractivity contribution >= 4 is 20.2 Å². The number of carboxylic acid groups (broad SMARTS) is 1. The minimum atomic E-state index is -2.06. The normalized spacial score (nSPS) is 24.5. The Balaban J connectivity index is 1.86. The first-order chi connectivity index (χ1) is 17.7. The van der Waals surface area contributed by atoms with E-state index in [-0.39, 0.29) is 23.6 Å². The number of benzene rings is 1. The number of carbonyl (C=O) groups excluding carboxylic acids is 1. The van der Waals surface area contributed by atoms with Crippen LogP contribution in [-0.4, -0.2) is 61.0 Å². The van der Waals surface area contributed by atoms with Gasteiger partial charge >= 0.3 is 5.97 Å². The van der Waals surface area contributed by atoms with Crippen molar-refractivity contribution in [1.29, 1.82) is 0 Å². The van der Waals surface area contributed by atoms with E-state index in [0.29, 0.717) is 36.8 Å². The third-order valence-electron chi connectivity index (χ3n) is 8.82. The van der Waals surface area contributed by atoms with Gasteiger partial charge in [0.05, 0.1) is 18.1 Å². The Bertz CT molecular complexity index is 914. The first-order valence-corrected chi connectivity index (χ1v) is 17.7. The summed E-state index contributed by atoms with van der Waals surface area (Å²) in [5, 5.41) is 13.4. The molecule has 0 spiro atoms. The van der Waals surface area contributed by atoms with Gasteiger partial charge in [0.25, 0.3) is 0 Å². The fourth-order valence-electron chi connectivity index (χ4n) is 6.10. The second-order valence-electron chi connectivity index (χ2n) is 13.7. The number of piperidine rings is 1. The largest absolute Gasteiger partial charge is 0.481 e. The predicted octanol–water partition coefficient (Wildman–Crippen LogP) is 6.12. The SMILES string of the molecule is CC(C)[Si](C)(C)O[C@H](C[C@@H](Cc1ccccc1)C(=O)O)CN1C[C@H]2CCCC[C@H]2C[C@H]1C(=O)NC(C)(C)C. The lowest BCUT2D eigenvalue weighted by atomic mass is 9.72. The molecular weight excluding hydrogens is 492 g/mol. The van der Waals surface area contributed by atoms with Crippen molar-refractivity contribution in [3.05, 3.63) is 35.9 Å². The van der Waals surface area contributed by atoms with E-state index in [9.17, 15) is 14.7 Å². The fourth-order valence-corrected chi connectivity index (χ4v) is 7.40. The van der Waals surface area contributed by atoms with Crippen LogP contribution in [0.15, 0.2) is 30.3 Å². The Morgan fingerprint density at radius 1 is 1.11 bits per heavy atom. The van der Waals surface area contributed by atoms with Gasteiger partial charge in [-0.1, -0.05) is 63.4 Å². The molecule has 1 amide bonds. The van der Waals surface area contributed by atoms with E-state index in [4.69, 9.17) is 4.43 Å². The highest BCUT2D eigenvalue weighted by Gasteiger charge is 2.42. The fraction of sp³-hybridized carbons (Fsp3) is 0.742. The van der Waals surface area contributed by atoms with E-state index in [1.165, 1.54) is 25.7 Å². The molecule has 1 saturated carbocycles. The number of amides is 1. The zero-order chi connectivity index (χ0) is 28.1. The highest BCUT2D eigenvalue weighted by atomic mass is 28.4. The number of hydrogen-bond donors (Lipinski definition) is 2. The highest BCUT2D eigenvalue weighted by molar-refractivity contribution is 6.72. The second-order valence-corrected chi connectivity index (χ2v) is 18.3. The Morgan fingerprint density at radius 3 is 2.32 bits per heavy atom. The standard InChI is InChI=1S/C31H52N2O4Si/c1-22(2)38(6,7)37-27(18-26(30(35)36)17-23-13-9-8-10-14-23)21-33-20-25-16-12-11-15-24(25)19-28(33)29(34)32-31(3,4)5/h8-10,13-14,22,24-28H,11-12,15-21H2,1-7H3,(H,32,34)(H,35,36)/t24-,25+,26+,27+,28-/m0/s1. The quantitative estimate of drug-likeness (QED) is 0.328. The van der Waals surface area contributed by atoms with Crippen LogP contribution in [0.3, 0.4) is 0 Å². The number of nitrogens with zero attached hydrogens (tertiary/aromatic N) is 1. The minimum Gasteiger partial charge on any atom is -0.481 e. The number of carboxylic acids is 1. The van der Waals surface area contributed by atoms with Crippen LogP contribution in [0.4, 0.5) is 0 Å². The van der Waals surface area contributed by atoms with Gasteiger partial charge in [0.1, 0.15) is 0 Å². The average molecular weight is 545 g/mol. The predicted molar refractivity (Wildman–Crippen MR) is 157 cm³/mol. The molecule has 0 bridgehead atoms. The summed E-state index contributed by atoms with van der Waals surface area (Å²) < 4.78 is 6.89. The molecule has 5 atom stereocenters. The van der Waals surface area contributed by atoms with E-state index >= 15 is 0 Å². The van der Waals surface area contributed by atoms with Crippen molar-refractivity contribution in [2.45, 2.75) is 116 Å². The lowest BCUT2D eigenvalue weighted by molar-refractivity contribution is -0.143. The smallest absolute Gasteiger partial charge is 0.306 e. The maximum Gasteiger partial charge on any atom is 0.306 e. The molecule has 1 saturated heterocycles. The van der Waals surface area contributed by atoms with Crippen molar-refractivity contribution in [2.24, 2.45) is 17.8 Å². The zero-order valence-corrected chi connectivity index (χ0v) is 25.8. The van der Waals surface area contributed by atoms with Gasteiger partial charge in [-0.05, 0) is 82.5 Å². The van der Waals surface area contributed by atoms with Gasteiger partial charge in [0.15, 0.2) is 8.32 Å². The zero-order valence-electron chi connectivity index (χ0n) is 24.8. The lowest BCUT2D eigenvalue weighted by Crippen LogP contribution is -2.59. The molecule has 214 valence electrons. The van der Waals surface area contributed by atoms with Crippen LogP contribution in [-0.2, 0) is 20.4 Å². The lowest BCUT2D eigenvalue weighted by Gasteiger charge is -2.47. The van der Waals surface area contributed by atoms with Crippen LogP contribution in [0, 0.1) is 17.8 Å². The van der Waals surface area contributed by atoms with Gasteiger partial charge in [-0.3, -0.25) is 14.5 Å². The van der Waals surface area contributed by atoms with E-state index in [2.05, 4.69) is 37.2 Å². The Kier molecular flexibility index (Phi) is 10.6. The Labute approximate surface area is 232 Å². The molecule has 2 aliphatic rings. The van der Waals surface area contributed by atoms with E-state index in [0.717, 1.165) is 18.5 Å². The summed E-state index contributed by atoms with van der Waals surface area (Å²) in [6, 6.07) is 9.69. The first kappa shape index (κ1) is 30.8. The maximum absolute atomic E-state index is 13.6. The Hall–Kier alpha value is -1.70. The van der Waals surface area contributed by atoms with Crippen LogP contribution < -0.4 is 5.32 Å². The molecule has 0 radical (unpaired) electrons. The van der Waals surface area contributed by atoms with Crippen LogP contribution in [0.2, 0.25) is 18.6 Å². The first-order valence-electron chi connectivity index (χ1n) is 14.8. The number of aliphatic carboxylic acids is 1. The van der Waals surface area contributed by atoms with Crippen LogP contribution in [0.1, 0.15) is 78.7 Å². The molecule has 2 N–H and O–H groups in total. The molecule has 2 fully saturated rings. The molecule has 0 unspecified atom stereocenters. The number of carbonyl (C=O) groups is 2. The van der Waals surface area contributed by atoms with Gasteiger partial charge in [-0.2, -0.15) is 0 Å². The molecule has 38 heavy (non-hydrogen) atoms. The van der Waals surface area contributed by atoms with Crippen LogP contribution in [0.5, 0.6) is 0 Å². The van der Waals surface area contributed by atoms with E-state index in [1.54, 1.807) is 0 Å². The van der Waals surface area contributed by atoms with Gasteiger partial charge < -0.3 is 14.8 Å². The summed E-state index contributed by atoms with van der Waals surface area (Å²) in [6.45, 7) is 16.5. The van der Waals surface area contributed by atoms with Crippen molar-refractivity contribution in [2.75, 3.05) is 13.1 Å². The van der Waals surface area contributed by atoms with E-state index < -0.39 is 20.2 Å². The van der Waals surface area contributed by atoms with Crippen molar-refractivity contribution in [3.63, 3.8) is 0 Å². The van der Waals surface area contributed by atoms with Gasteiger partial charge in [0, 0.05) is 18.6 Å². The average Bonchev–Trinajstić information content (AvgIpc) is 2.82. The van der Waals surface area contributed by atoms with Crippen LogP contribution >= 0.6 is 0 Å². The molecule has 1 aromatic rings. The van der Waals surface area contributed by atoms with Crippen LogP contribution in [0.25, 0.3) is 0 Å². The number of nitrogens with one attached hydrogen (secondary N) is 1. The Morgan fingerprint density at radius 2 is 1.74 bits per heavy atom. The maximum atomic E-state index is 13.6. The molecule has 3 rings (SSSR count). The number of rotatable bonds is 11. The molecule has 7 heteroatoms. The number of likely N-dealkylation sites (tertiary alicyclic amines) is 1. The summed E-state index contributed by atoms with van der Waals surface area (Å²) >= 11 is 0. The van der Waals surface area contributed by atoms with Crippen molar-refractivity contribution in [3.8, 4) is 0 Å². The number of fused-ring (bicyclic) bond motifs is 1. The third kappa shape index (κ3) is 8.92. The molecule has 1 aliphatic heterocycles. The monoisotopic (exact) mass is 544 g/mol. The third-order valence-corrected chi connectivity index (χ3v) is 12.5. The summed E-state index contributed by atoms with van der Waals surface area (Å²) in [5.41, 5.74) is 1.15. The molecule has 1 aromatic carbocycles. The van der Waals surface area contributed by atoms with E-state index in [1.807, 2.05) is 51.1 Å². The highest BCUT2D eigenvalue weighted by Crippen LogP contribution is 2.39. The summed E-state index contributed by atoms with van der Waals surface area (Å²) in [5.74, 6) is -0.00734. The summed E-state index contributed by atoms with van der Waals surface area (Å²) in [7, 11) is -2.06. The molecule has 0 aromatic heterocycles. The van der Waals surface area contributed by atoms with Crippen molar-refractivity contribution in [1.82, 2.24) is 10.2 Å². The number of hydrogen-bond acceptors (Lipinski definition) is 4. The molecule has 1 heterocycles. The molecule has 6 nitrogen and oxygen atoms in total. The van der Waals surface area contributed by atoms with Gasteiger partial charge in [-0.25, -0.2) is 0 Å². The second kappa shape index (κ2) is 13.1. The minimum absolute atomic E-state index is 0.0970. The summed E-state index contributed by atoms with van der Waals surface area (Å²) in [4.78, 5) is 28.3. The van der Waals surface area contributed by atoms with Gasteiger partial charge in [-0.15, -0.1) is 0 Å². The van der Waals surface area contributed by atoms with Gasteiger partial charge in [0.2, 0.25) is 5.91 Å².